The highest BCUT2D eigenvalue weighted by Crippen LogP contribution is 2.39. The van der Waals surface area contributed by atoms with Gasteiger partial charge in [-0.2, -0.15) is 0 Å². The van der Waals surface area contributed by atoms with Gasteiger partial charge < -0.3 is 14.6 Å². The van der Waals surface area contributed by atoms with Crippen LogP contribution < -0.4 is 0 Å². The molecule has 1 aromatic rings. The first-order valence-corrected chi connectivity index (χ1v) is 5.77. The van der Waals surface area contributed by atoms with Gasteiger partial charge in [-0.3, -0.25) is 0 Å². The van der Waals surface area contributed by atoms with Crippen molar-refractivity contribution in [3.05, 3.63) is 40.6 Å². The Labute approximate surface area is 121 Å². The van der Waals surface area contributed by atoms with E-state index >= 15 is 0 Å². The van der Waals surface area contributed by atoms with Crippen LogP contribution in [-0.4, -0.2) is 31.0 Å². The summed E-state index contributed by atoms with van der Waals surface area (Å²) in [7, 11) is 1.11. The molecule has 0 bridgehead atoms. The Hall–Kier alpha value is -1.04. The molecule has 3 atom stereocenters. The number of likely N-dealkylation sites (tertiary alicyclic amines) is 1. The van der Waals surface area contributed by atoms with E-state index in [9.17, 15) is 14.0 Å². The summed E-state index contributed by atoms with van der Waals surface area (Å²) in [5, 5.41) is 13.3. The van der Waals surface area contributed by atoms with E-state index in [4.69, 9.17) is 14.3 Å². The number of hydrogen-bond donors (Lipinski definition) is 0. The standard InChI is InChI=1S/C14H19F2NO2/c1-3-7-17(18)8-6-11(14(17)19-2)10-4-5-12(15)13(16)9-10/h4-5,9,11,14H,3,6-8H2,1-2H3/t11?,14?,17-/m0/s1/i1D3,3D2,7D2. The molecule has 1 aromatic carbocycles. The molecule has 0 spiro atoms. The molecule has 19 heavy (non-hydrogen) atoms. The van der Waals surface area contributed by atoms with Crippen molar-refractivity contribution < 1.29 is 27.8 Å². The average Bonchev–Trinajstić information content (AvgIpc) is 2.87. The molecular weight excluding hydrogens is 252 g/mol. The van der Waals surface area contributed by atoms with Crippen LogP contribution in [0.5, 0.6) is 0 Å². The molecule has 2 unspecified atom stereocenters. The molecule has 1 heterocycles. The smallest absolute Gasteiger partial charge is 0.199 e. The lowest BCUT2D eigenvalue weighted by molar-refractivity contribution is -0.915. The third-order valence-corrected chi connectivity index (χ3v) is 3.39. The Morgan fingerprint density at radius 1 is 1.53 bits per heavy atom. The van der Waals surface area contributed by atoms with Crippen LogP contribution in [0.25, 0.3) is 0 Å². The normalized spacial score (nSPS) is 38.4. The minimum atomic E-state index is -3.46. The number of quaternary nitrogens is 1. The molecule has 0 aromatic heterocycles. The van der Waals surface area contributed by atoms with Gasteiger partial charge in [-0.05, 0) is 24.1 Å². The quantitative estimate of drug-likeness (QED) is 0.626. The maximum atomic E-state index is 13.5. The minimum absolute atomic E-state index is 0.0102. The Kier molecular flexibility index (Phi) is 2.23. The fourth-order valence-corrected chi connectivity index (χ4v) is 2.51. The maximum Gasteiger partial charge on any atom is 0.199 e. The Balaban J connectivity index is 2.48. The number of methoxy groups -OCH3 is 1. The third kappa shape index (κ3) is 2.63. The summed E-state index contributed by atoms with van der Waals surface area (Å²) >= 11 is 0. The highest BCUT2D eigenvalue weighted by atomic mass is 19.2. The van der Waals surface area contributed by atoms with Crippen LogP contribution >= 0.6 is 0 Å². The molecule has 2 rings (SSSR count). The highest BCUT2D eigenvalue weighted by Gasteiger charge is 2.43. The van der Waals surface area contributed by atoms with Crippen LogP contribution in [0.15, 0.2) is 18.2 Å². The first kappa shape index (κ1) is 7.67. The third-order valence-electron chi connectivity index (χ3n) is 3.39. The largest absolute Gasteiger partial charge is 0.631 e. The summed E-state index contributed by atoms with van der Waals surface area (Å²) in [6, 6.07) is 2.97. The van der Waals surface area contributed by atoms with Gasteiger partial charge in [0.1, 0.15) is 0 Å². The van der Waals surface area contributed by atoms with E-state index in [0.29, 0.717) is 0 Å². The first-order valence-electron chi connectivity index (χ1n) is 9.27. The first-order chi connectivity index (χ1) is 11.7. The molecule has 1 aliphatic heterocycles. The minimum Gasteiger partial charge on any atom is -0.631 e. The zero-order valence-electron chi connectivity index (χ0n) is 17.3. The lowest BCUT2D eigenvalue weighted by Gasteiger charge is -2.44. The van der Waals surface area contributed by atoms with Gasteiger partial charge >= 0.3 is 0 Å². The molecule has 1 saturated heterocycles. The highest BCUT2D eigenvalue weighted by molar-refractivity contribution is 5.23. The predicted molar refractivity (Wildman–Crippen MR) is 68.2 cm³/mol. The van der Waals surface area contributed by atoms with Crippen LogP contribution in [0.4, 0.5) is 8.78 Å². The van der Waals surface area contributed by atoms with Crippen LogP contribution in [0.2, 0.25) is 0 Å². The number of halogens is 2. The molecule has 5 heteroatoms. The summed E-state index contributed by atoms with van der Waals surface area (Å²) in [5.41, 5.74) is 0.192. The summed E-state index contributed by atoms with van der Waals surface area (Å²) < 4.78 is 83.2. The Morgan fingerprint density at radius 3 is 2.95 bits per heavy atom. The van der Waals surface area contributed by atoms with Crippen LogP contribution in [0, 0.1) is 16.8 Å². The van der Waals surface area contributed by atoms with Crippen molar-refractivity contribution in [2.24, 2.45) is 0 Å². The number of hydroxylamine groups is 3. The molecule has 1 aliphatic rings. The van der Waals surface area contributed by atoms with Crippen LogP contribution in [-0.2, 0) is 4.74 Å². The zero-order chi connectivity index (χ0) is 20.1. The van der Waals surface area contributed by atoms with E-state index in [1.165, 1.54) is 6.07 Å². The van der Waals surface area contributed by atoms with E-state index < -0.39 is 54.7 Å². The Morgan fingerprint density at radius 2 is 2.32 bits per heavy atom. The van der Waals surface area contributed by atoms with E-state index in [1.807, 2.05) is 0 Å². The average molecular weight is 278 g/mol. The predicted octanol–water partition coefficient (Wildman–Crippen LogP) is 3.15. The topological polar surface area (TPSA) is 32.3 Å². The summed E-state index contributed by atoms with van der Waals surface area (Å²) in [6.07, 6.45) is -4.99. The molecule has 0 N–H and O–H groups in total. The van der Waals surface area contributed by atoms with Crippen LogP contribution in [0.1, 0.15) is 40.7 Å². The van der Waals surface area contributed by atoms with E-state index in [2.05, 4.69) is 0 Å². The molecule has 0 radical (unpaired) electrons. The second kappa shape index (κ2) is 5.53. The maximum absolute atomic E-state index is 13.5. The SMILES string of the molecule is [2H]C([2H])([2H])C([2H])([2H])C([2H])([2H])[N@+]1([O-])CCC(c2ccc(F)c(F)c2)C1OC. The molecular formula is C14H19F2NO2. The number of hydrogen-bond acceptors (Lipinski definition) is 2. The second-order valence-electron chi connectivity index (χ2n) is 4.45. The number of ether oxygens (including phenoxy) is 1. The molecule has 0 amide bonds. The summed E-state index contributed by atoms with van der Waals surface area (Å²) in [6.45, 7) is -7.23. The molecule has 0 saturated carbocycles. The fourth-order valence-electron chi connectivity index (χ4n) is 2.51. The summed E-state index contributed by atoms with van der Waals surface area (Å²) in [5.74, 6) is -3.08. The monoisotopic (exact) mass is 278 g/mol. The van der Waals surface area contributed by atoms with Crippen molar-refractivity contribution in [2.45, 2.75) is 31.8 Å². The van der Waals surface area contributed by atoms with E-state index in [-0.39, 0.29) is 12.0 Å². The lowest BCUT2D eigenvalue weighted by Crippen LogP contribution is -2.49. The molecule has 3 nitrogen and oxygen atoms in total. The lowest BCUT2D eigenvalue weighted by atomic mass is 9.96. The fraction of sp³-hybridized carbons (Fsp3) is 0.571. The van der Waals surface area contributed by atoms with Gasteiger partial charge in [-0.1, -0.05) is 12.9 Å². The van der Waals surface area contributed by atoms with E-state index in [1.54, 1.807) is 0 Å². The van der Waals surface area contributed by atoms with Gasteiger partial charge in [0, 0.05) is 20.4 Å². The van der Waals surface area contributed by atoms with Crippen molar-refractivity contribution in [1.29, 1.82) is 0 Å². The molecule has 0 aliphatic carbocycles. The van der Waals surface area contributed by atoms with Gasteiger partial charge in [0.05, 0.1) is 21.7 Å². The second-order valence-corrected chi connectivity index (χ2v) is 4.45. The van der Waals surface area contributed by atoms with E-state index in [0.717, 1.165) is 19.2 Å². The van der Waals surface area contributed by atoms with Crippen molar-refractivity contribution in [1.82, 2.24) is 0 Å². The van der Waals surface area contributed by atoms with Gasteiger partial charge in [-0.15, -0.1) is 0 Å². The summed E-state index contributed by atoms with van der Waals surface area (Å²) in [4.78, 5) is 0. The molecule has 1 fully saturated rings. The van der Waals surface area contributed by atoms with Gasteiger partial charge in [0.2, 0.25) is 0 Å². The van der Waals surface area contributed by atoms with Crippen molar-refractivity contribution in [2.75, 3.05) is 20.2 Å². The van der Waals surface area contributed by atoms with Crippen molar-refractivity contribution in [3.8, 4) is 0 Å². The Bertz CT molecular complexity index is 686. The molecule has 106 valence electrons. The van der Waals surface area contributed by atoms with Gasteiger partial charge in [0.15, 0.2) is 17.9 Å². The van der Waals surface area contributed by atoms with Gasteiger partial charge in [-0.25, -0.2) is 8.78 Å². The number of benzene rings is 1. The van der Waals surface area contributed by atoms with Crippen LogP contribution in [0.3, 0.4) is 0 Å². The number of rotatable bonds is 4. The number of nitrogens with zero attached hydrogens (tertiary/aromatic N) is 1. The van der Waals surface area contributed by atoms with Crippen molar-refractivity contribution >= 4 is 0 Å². The van der Waals surface area contributed by atoms with Gasteiger partial charge in [0.25, 0.3) is 0 Å². The van der Waals surface area contributed by atoms with Crippen molar-refractivity contribution in [3.63, 3.8) is 0 Å². The zero-order valence-corrected chi connectivity index (χ0v) is 10.3.